The second-order valence-corrected chi connectivity index (χ2v) is 4.24. The number of carboxylic acids is 1. The molecule has 0 atom stereocenters. The number of hydrogen-bond donors (Lipinski definition) is 2. The van der Waals surface area contributed by atoms with Crippen LogP contribution in [0.25, 0.3) is 0 Å². The van der Waals surface area contributed by atoms with Crippen molar-refractivity contribution >= 4 is 17.6 Å². The number of aromatic carboxylic acids is 1. The fourth-order valence-electron chi connectivity index (χ4n) is 1.79. The van der Waals surface area contributed by atoms with E-state index in [1.165, 1.54) is 18.2 Å². The molecule has 0 spiro atoms. The second kappa shape index (κ2) is 5.52. The van der Waals surface area contributed by atoms with Gasteiger partial charge in [0.15, 0.2) is 0 Å². The summed E-state index contributed by atoms with van der Waals surface area (Å²) in [5.74, 6) is -2.46. The summed E-state index contributed by atoms with van der Waals surface area (Å²) in [6.45, 7) is 1.55. The minimum Gasteiger partial charge on any atom is -0.478 e. The minimum absolute atomic E-state index is 0.0473. The fourth-order valence-corrected chi connectivity index (χ4v) is 1.79. The quantitative estimate of drug-likeness (QED) is 0.903. The van der Waals surface area contributed by atoms with E-state index in [-0.39, 0.29) is 16.8 Å². The molecule has 5 heteroatoms. The maximum atomic E-state index is 13.8. The predicted octanol–water partition coefficient (Wildman–Crippen LogP) is 3.08. The Hall–Kier alpha value is -2.69. The monoisotopic (exact) mass is 273 g/mol. The zero-order chi connectivity index (χ0) is 14.7. The Balaban J connectivity index is 2.33. The molecule has 0 bridgehead atoms. The SMILES string of the molecule is Cc1cccc(C(=O)Nc2ccccc2C(=O)O)c1F. The van der Waals surface area contributed by atoms with E-state index in [4.69, 9.17) is 5.11 Å². The normalized spacial score (nSPS) is 10.1. The number of benzene rings is 2. The van der Waals surface area contributed by atoms with Crippen molar-refractivity contribution in [1.29, 1.82) is 0 Å². The van der Waals surface area contributed by atoms with Crippen LogP contribution in [0.4, 0.5) is 10.1 Å². The molecule has 2 aromatic rings. The number of carbonyl (C=O) groups excluding carboxylic acids is 1. The summed E-state index contributed by atoms with van der Waals surface area (Å²) in [5, 5.41) is 11.4. The van der Waals surface area contributed by atoms with Crippen LogP contribution in [0, 0.1) is 12.7 Å². The third-order valence-corrected chi connectivity index (χ3v) is 2.84. The van der Waals surface area contributed by atoms with Gasteiger partial charge in [0, 0.05) is 0 Å². The van der Waals surface area contributed by atoms with Crippen molar-refractivity contribution in [1.82, 2.24) is 0 Å². The number of hydrogen-bond acceptors (Lipinski definition) is 2. The van der Waals surface area contributed by atoms with Gasteiger partial charge in [-0.15, -0.1) is 0 Å². The van der Waals surface area contributed by atoms with Gasteiger partial charge >= 0.3 is 5.97 Å². The lowest BCUT2D eigenvalue weighted by atomic mass is 10.1. The highest BCUT2D eigenvalue weighted by Gasteiger charge is 2.16. The van der Waals surface area contributed by atoms with Crippen LogP contribution >= 0.6 is 0 Å². The molecule has 2 aromatic carbocycles. The molecule has 0 aromatic heterocycles. The molecule has 0 saturated carbocycles. The second-order valence-electron chi connectivity index (χ2n) is 4.24. The third kappa shape index (κ3) is 2.66. The van der Waals surface area contributed by atoms with E-state index in [1.807, 2.05) is 0 Å². The molecular formula is C15H12FNO3. The van der Waals surface area contributed by atoms with Gasteiger partial charge in [0.2, 0.25) is 0 Å². The van der Waals surface area contributed by atoms with Crippen molar-refractivity contribution in [3.8, 4) is 0 Å². The van der Waals surface area contributed by atoms with Gasteiger partial charge in [-0.1, -0.05) is 24.3 Å². The van der Waals surface area contributed by atoms with Crippen LogP contribution in [0.3, 0.4) is 0 Å². The maximum Gasteiger partial charge on any atom is 0.337 e. The fraction of sp³-hybridized carbons (Fsp3) is 0.0667. The van der Waals surface area contributed by atoms with Crippen molar-refractivity contribution in [2.75, 3.05) is 5.32 Å². The van der Waals surface area contributed by atoms with Gasteiger partial charge in [-0.25, -0.2) is 9.18 Å². The van der Waals surface area contributed by atoms with E-state index in [9.17, 15) is 14.0 Å². The standard InChI is InChI=1S/C15H12FNO3/c1-9-5-4-7-11(13(9)16)14(18)17-12-8-3-2-6-10(12)15(19)20/h2-8H,1H3,(H,17,18)(H,19,20). The van der Waals surface area contributed by atoms with Gasteiger partial charge in [0.1, 0.15) is 5.82 Å². The van der Waals surface area contributed by atoms with Crippen LogP contribution in [-0.4, -0.2) is 17.0 Å². The number of anilines is 1. The minimum atomic E-state index is -1.16. The molecule has 0 radical (unpaired) electrons. The lowest BCUT2D eigenvalue weighted by Gasteiger charge is -2.09. The van der Waals surface area contributed by atoms with Crippen molar-refractivity contribution in [3.63, 3.8) is 0 Å². The highest BCUT2D eigenvalue weighted by atomic mass is 19.1. The Morgan fingerprint density at radius 3 is 2.40 bits per heavy atom. The van der Waals surface area contributed by atoms with E-state index in [0.29, 0.717) is 5.56 Å². The molecule has 1 amide bonds. The first-order valence-electron chi connectivity index (χ1n) is 5.89. The van der Waals surface area contributed by atoms with Crippen LogP contribution in [0.2, 0.25) is 0 Å². The van der Waals surface area contributed by atoms with Gasteiger partial charge in [0.25, 0.3) is 5.91 Å². The third-order valence-electron chi connectivity index (χ3n) is 2.84. The first-order valence-corrected chi connectivity index (χ1v) is 5.89. The largest absolute Gasteiger partial charge is 0.478 e. The molecule has 2 rings (SSSR count). The Bertz CT molecular complexity index is 683. The number of halogens is 1. The summed E-state index contributed by atoms with van der Waals surface area (Å²) >= 11 is 0. The Morgan fingerprint density at radius 2 is 1.70 bits per heavy atom. The summed E-state index contributed by atoms with van der Waals surface area (Å²) in [6, 6.07) is 10.4. The van der Waals surface area contributed by atoms with Gasteiger partial charge in [-0.3, -0.25) is 4.79 Å². The van der Waals surface area contributed by atoms with Crippen molar-refractivity contribution in [2.45, 2.75) is 6.92 Å². The molecule has 0 saturated heterocycles. The number of rotatable bonds is 3. The molecule has 0 aliphatic heterocycles. The number of para-hydroxylation sites is 1. The van der Waals surface area contributed by atoms with E-state index in [0.717, 1.165) is 0 Å². The molecule has 0 fully saturated rings. The van der Waals surface area contributed by atoms with Gasteiger partial charge < -0.3 is 10.4 Å². The molecule has 102 valence electrons. The van der Waals surface area contributed by atoms with Crippen molar-refractivity contribution in [2.24, 2.45) is 0 Å². The lowest BCUT2D eigenvalue weighted by molar-refractivity contribution is 0.0698. The number of carbonyl (C=O) groups is 2. The summed E-state index contributed by atoms with van der Waals surface area (Å²) in [7, 11) is 0. The van der Waals surface area contributed by atoms with Crippen molar-refractivity contribution < 1.29 is 19.1 Å². The molecule has 2 N–H and O–H groups in total. The van der Waals surface area contributed by atoms with Crippen LogP contribution in [0.15, 0.2) is 42.5 Å². The first-order chi connectivity index (χ1) is 9.50. The van der Waals surface area contributed by atoms with Crippen molar-refractivity contribution in [3.05, 3.63) is 65.0 Å². The van der Waals surface area contributed by atoms with Crippen LogP contribution in [0.5, 0.6) is 0 Å². The Kier molecular flexibility index (Phi) is 3.79. The number of carboxylic acid groups (broad SMARTS) is 1. The van der Waals surface area contributed by atoms with E-state index in [2.05, 4.69) is 5.32 Å². The summed E-state index contributed by atoms with van der Waals surface area (Å²) in [5.41, 5.74) is 0.314. The first kappa shape index (κ1) is 13.7. The maximum absolute atomic E-state index is 13.8. The van der Waals surface area contributed by atoms with Gasteiger partial charge in [-0.2, -0.15) is 0 Å². The Labute approximate surface area is 114 Å². The average molecular weight is 273 g/mol. The zero-order valence-electron chi connectivity index (χ0n) is 10.7. The molecular weight excluding hydrogens is 261 g/mol. The Morgan fingerprint density at radius 1 is 1.05 bits per heavy atom. The topological polar surface area (TPSA) is 66.4 Å². The van der Waals surface area contributed by atoms with E-state index in [1.54, 1.807) is 31.2 Å². The summed E-state index contributed by atoms with van der Waals surface area (Å²) in [6.07, 6.45) is 0. The van der Waals surface area contributed by atoms with E-state index >= 15 is 0 Å². The summed E-state index contributed by atoms with van der Waals surface area (Å²) in [4.78, 5) is 23.1. The van der Waals surface area contributed by atoms with Crippen LogP contribution < -0.4 is 5.32 Å². The predicted molar refractivity (Wildman–Crippen MR) is 72.5 cm³/mol. The number of aryl methyl sites for hydroxylation is 1. The molecule has 0 unspecified atom stereocenters. The lowest BCUT2D eigenvalue weighted by Crippen LogP contribution is -2.16. The van der Waals surface area contributed by atoms with Crippen LogP contribution in [-0.2, 0) is 0 Å². The summed E-state index contributed by atoms with van der Waals surface area (Å²) < 4.78 is 13.8. The molecule has 20 heavy (non-hydrogen) atoms. The van der Waals surface area contributed by atoms with Gasteiger partial charge in [0.05, 0.1) is 16.8 Å². The molecule has 0 aliphatic rings. The highest BCUT2D eigenvalue weighted by molar-refractivity contribution is 6.07. The number of amides is 1. The zero-order valence-corrected chi connectivity index (χ0v) is 10.7. The molecule has 4 nitrogen and oxygen atoms in total. The average Bonchev–Trinajstić information content (AvgIpc) is 2.42. The van der Waals surface area contributed by atoms with E-state index < -0.39 is 17.7 Å². The smallest absolute Gasteiger partial charge is 0.337 e. The van der Waals surface area contributed by atoms with Crippen LogP contribution in [0.1, 0.15) is 26.3 Å². The molecule has 0 aliphatic carbocycles. The number of nitrogens with one attached hydrogen (secondary N) is 1. The highest BCUT2D eigenvalue weighted by Crippen LogP contribution is 2.18. The molecule has 0 heterocycles. The van der Waals surface area contributed by atoms with Gasteiger partial charge in [-0.05, 0) is 30.7 Å².